The molecule has 0 aliphatic heterocycles. The van der Waals surface area contributed by atoms with E-state index < -0.39 is 11.6 Å². The Bertz CT molecular complexity index is 610. The summed E-state index contributed by atoms with van der Waals surface area (Å²) in [6.45, 7) is 2.15. The standard InChI is InChI=1S/C12H12F2N4O2/c1-3-19-11-16-10(15-2)17-12(18-11)20-7-4-5-8(13)9(14)6-7/h4-6H,3H2,1-2H3,(H,15,16,17,18). The SMILES string of the molecule is CCOc1nc(NC)nc(Oc2ccc(F)c(F)c2)n1. The zero-order valence-electron chi connectivity index (χ0n) is 10.9. The van der Waals surface area contributed by atoms with E-state index in [1.54, 1.807) is 14.0 Å². The Hall–Kier alpha value is -2.51. The number of ether oxygens (including phenoxy) is 2. The lowest BCUT2D eigenvalue weighted by atomic mass is 10.3. The molecule has 0 saturated heterocycles. The molecule has 6 nitrogen and oxygen atoms in total. The van der Waals surface area contributed by atoms with Crippen LogP contribution in [0.15, 0.2) is 18.2 Å². The van der Waals surface area contributed by atoms with E-state index in [1.165, 1.54) is 6.07 Å². The molecular formula is C12H12F2N4O2. The second kappa shape index (κ2) is 6.09. The third-order valence-electron chi connectivity index (χ3n) is 2.19. The number of benzene rings is 1. The van der Waals surface area contributed by atoms with E-state index in [9.17, 15) is 8.78 Å². The molecule has 1 aromatic carbocycles. The normalized spacial score (nSPS) is 10.2. The molecule has 20 heavy (non-hydrogen) atoms. The lowest BCUT2D eigenvalue weighted by Crippen LogP contribution is -2.05. The average Bonchev–Trinajstić information content (AvgIpc) is 2.43. The van der Waals surface area contributed by atoms with Crippen molar-refractivity contribution in [3.05, 3.63) is 29.8 Å². The Morgan fingerprint density at radius 1 is 1.10 bits per heavy atom. The van der Waals surface area contributed by atoms with Crippen molar-refractivity contribution in [1.82, 2.24) is 15.0 Å². The minimum absolute atomic E-state index is 0.0691. The summed E-state index contributed by atoms with van der Waals surface area (Å²) in [6.07, 6.45) is 0. The highest BCUT2D eigenvalue weighted by Crippen LogP contribution is 2.22. The van der Waals surface area contributed by atoms with E-state index in [0.717, 1.165) is 12.1 Å². The Morgan fingerprint density at radius 3 is 2.50 bits per heavy atom. The van der Waals surface area contributed by atoms with Crippen LogP contribution in [0.1, 0.15) is 6.92 Å². The maximum absolute atomic E-state index is 13.1. The van der Waals surface area contributed by atoms with Gasteiger partial charge in [-0.2, -0.15) is 9.97 Å². The smallest absolute Gasteiger partial charge is 0.330 e. The first-order valence-corrected chi connectivity index (χ1v) is 5.82. The van der Waals surface area contributed by atoms with Crippen LogP contribution in [0.3, 0.4) is 0 Å². The number of hydrogen-bond donors (Lipinski definition) is 1. The van der Waals surface area contributed by atoms with Crippen LogP contribution in [-0.2, 0) is 0 Å². The molecule has 0 atom stereocenters. The fraction of sp³-hybridized carbons (Fsp3) is 0.250. The van der Waals surface area contributed by atoms with Crippen molar-refractivity contribution in [3.8, 4) is 17.8 Å². The van der Waals surface area contributed by atoms with Crippen molar-refractivity contribution in [2.24, 2.45) is 0 Å². The summed E-state index contributed by atoms with van der Waals surface area (Å²) in [4.78, 5) is 11.8. The van der Waals surface area contributed by atoms with Crippen molar-refractivity contribution in [2.45, 2.75) is 6.92 Å². The second-order valence-electron chi connectivity index (χ2n) is 3.59. The minimum Gasteiger partial charge on any atom is -0.464 e. The number of anilines is 1. The molecule has 1 aromatic heterocycles. The lowest BCUT2D eigenvalue weighted by molar-refractivity contribution is 0.303. The van der Waals surface area contributed by atoms with Gasteiger partial charge >= 0.3 is 12.0 Å². The van der Waals surface area contributed by atoms with Gasteiger partial charge in [-0.15, -0.1) is 4.98 Å². The zero-order chi connectivity index (χ0) is 14.5. The maximum atomic E-state index is 13.1. The van der Waals surface area contributed by atoms with Crippen molar-refractivity contribution < 1.29 is 18.3 Å². The largest absolute Gasteiger partial charge is 0.464 e. The van der Waals surface area contributed by atoms with Crippen LogP contribution in [0.5, 0.6) is 17.8 Å². The zero-order valence-corrected chi connectivity index (χ0v) is 10.9. The van der Waals surface area contributed by atoms with Gasteiger partial charge in [-0.3, -0.25) is 0 Å². The number of hydrogen-bond acceptors (Lipinski definition) is 6. The molecule has 0 bridgehead atoms. The molecule has 0 spiro atoms. The minimum atomic E-state index is -1.02. The van der Waals surface area contributed by atoms with Crippen LogP contribution in [0, 0.1) is 11.6 Å². The molecule has 2 aromatic rings. The molecule has 0 fully saturated rings. The van der Waals surface area contributed by atoms with Gasteiger partial charge in [0.1, 0.15) is 5.75 Å². The number of aromatic nitrogens is 3. The van der Waals surface area contributed by atoms with Crippen molar-refractivity contribution in [1.29, 1.82) is 0 Å². The topological polar surface area (TPSA) is 69.2 Å². The molecule has 0 radical (unpaired) electrons. The predicted octanol–water partition coefficient (Wildman–Crippen LogP) is 2.38. The van der Waals surface area contributed by atoms with Crippen LogP contribution in [0.4, 0.5) is 14.7 Å². The van der Waals surface area contributed by atoms with Gasteiger partial charge < -0.3 is 14.8 Å². The van der Waals surface area contributed by atoms with Crippen LogP contribution in [-0.4, -0.2) is 28.6 Å². The monoisotopic (exact) mass is 282 g/mol. The number of halogens is 2. The number of nitrogens with one attached hydrogen (secondary N) is 1. The fourth-order valence-electron chi connectivity index (χ4n) is 1.33. The summed E-state index contributed by atoms with van der Waals surface area (Å²) in [5, 5.41) is 2.72. The summed E-state index contributed by atoms with van der Waals surface area (Å²) in [5.74, 6) is -1.67. The van der Waals surface area contributed by atoms with E-state index in [4.69, 9.17) is 9.47 Å². The van der Waals surface area contributed by atoms with Crippen LogP contribution >= 0.6 is 0 Å². The van der Waals surface area contributed by atoms with Crippen molar-refractivity contribution >= 4 is 5.95 Å². The Morgan fingerprint density at radius 2 is 1.85 bits per heavy atom. The first-order chi connectivity index (χ1) is 9.62. The summed E-state index contributed by atoms with van der Waals surface area (Å²) in [6, 6.07) is 3.11. The van der Waals surface area contributed by atoms with Gasteiger partial charge in [0, 0.05) is 13.1 Å². The van der Waals surface area contributed by atoms with Crippen LogP contribution < -0.4 is 14.8 Å². The predicted molar refractivity (Wildman–Crippen MR) is 67.0 cm³/mol. The molecule has 0 aliphatic carbocycles. The fourth-order valence-corrected chi connectivity index (χ4v) is 1.33. The number of rotatable bonds is 5. The van der Waals surface area contributed by atoms with Gasteiger partial charge in [0.25, 0.3) is 0 Å². The van der Waals surface area contributed by atoms with E-state index in [2.05, 4.69) is 20.3 Å². The molecule has 1 N–H and O–H groups in total. The van der Waals surface area contributed by atoms with Crippen molar-refractivity contribution in [3.63, 3.8) is 0 Å². The molecule has 0 amide bonds. The van der Waals surface area contributed by atoms with E-state index in [1.807, 2.05) is 0 Å². The molecule has 0 unspecified atom stereocenters. The molecule has 0 saturated carbocycles. The highest BCUT2D eigenvalue weighted by Gasteiger charge is 2.10. The summed E-state index contributed by atoms with van der Waals surface area (Å²) >= 11 is 0. The quantitative estimate of drug-likeness (QED) is 0.908. The summed E-state index contributed by atoms with van der Waals surface area (Å²) < 4.78 is 36.3. The Labute approximate surface area is 113 Å². The molecule has 0 aliphatic rings. The third-order valence-corrected chi connectivity index (χ3v) is 2.19. The van der Waals surface area contributed by atoms with Crippen LogP contribution in [0.25, 0.3) is 0 Å². The van der Waals surface area contributed by atoms with E-state index >= 15 is 0 Å². The summed E-state index contributed by atoms with van der Waals surface area (Å²) in [7, 11) is 1.62. The Balaban J connectivity index is 2.27. The molecule has 2 rings (SSSR count). The van der Waals surface area contributed by atoms with E-state index in [-0.39, 0.29) is 23.7 Å². The van der Waals surface area contributed by atoms with E-state index in [0.29, 0.717) is 6.61 Å². The van der Waals surface area contributed by atoms with Gasteiger partial charge in [-0.1, -0.05) is 0 Å². The molecule has 106 valence electrons. The molecular weight excluding hydrogens is 270 g/mol. The highest BCUT2D eigenvalue weighted by atomic mass is 19.2. The molecule has 1 heterocycles. The van der Waals surface area contributed by atoms with Gasteiger partial charge in [0.05, 0.1) is 6.61 Å². The number of nitrogens with zero attached hydrogens (tertiary/aromatic N) is 3. The second-order valence-corrected chi connectivity index (χ2v) is 3.59. The van der Waals surface area contributed by atoms with Crippen LogP contribution in [0.2, 0.25) is 0 Å². The average molecular weight is 282 g/mol. The highest BCUT2D eigenvalue weighted by molar-refractivity contribution is 5.30. The summed E-state index contributed by atoms with van der Waals surface area (Å²) in [5.41, 5.74) is 0. The van der Waals surface area contributed by atoms with Gasteiger partial charge in [0.15, 0.2) is 11.6 Å². The van der Waals surface area contributed by atoms with Gasteiger partial charge in [-0.05, 0) is 19.1 Å². The van der Waals surface area contributed by atoms with Gasteiger partial charge in [-0.25, -0.2) is 8.78 Å². The molecule has 8 heteroatoms. The maximum Gasteiger partial charge on any atom is 0.330 e. The van der Waals surface area contributed by atoms with Crippen molar-refractivity contribution in [2.75, 3.05) is 19.0 Å². The first kappa shape index (κ1) is 13.9. The Kier molecular flexibility index (Phi) is 4.24. The van der Waals surface area contributed by atoms with Gasteiger partial charge in [0.2, 0.25) is 5.95 Å². The first-order valence-electron chi connectivity index (χ1n) is 5.82. The lowest BCUT2D eigenvalue weighted by Gasteiger charge is -2.07. The third kappa shape index (κ3) is 3.28.